The lowest BCUT2D eigenvalue weighted by molar-refractivity contribution is 0.447. The van der Waals surface area contributed by atoms with E-state index >= 15 is 0 Å². The first-order chi connectivity index (χ1) is 8.93. The lowest BCUT2D eigenvalue weighted by Gasteiger charge is -2.08. The summed E-state index contributed by atoms with van der Waals surface area (Å²) in [5.41, 5.74) is 1.78. The molecule has 1 aromatic heterocycles. The number of rotatable bonds is 2. The van der Waals surface area contributed by atoms with Crippen LogP contribution in [0.2, 0.25) is 0 Å². The van der Waals surface area contributed by atoms with Gasteiger partial charge in [0, 0.05) is 16.8 Å². The van der Waals surface area contributed by atoms with E-state index in [1.807, 2.05) is 6.92 Å². The second-order valence-electron chi connectivity index (χ2n) is 4.10. The molecule has 0 radical (unpaired) electrons. The van der Waals surface area contributed by atoms with Crippen LogP contribution in [0.5, 0.6) is 0 Å². The molecule has 0 aliphatic carbocycles. The summed E-state index contributed by atoms with van der Waals surface area (Å²) < 4.78 is 39.7. The van der Waals surface area contributed by atoms with Crippen LogP contribution in [-0.4, -0.2) is 9.97 Å². The summed E-state index contributed by atoms with van der Waals surface area (Å²) in [5, 5.41) is 0. The molecule has 0 saturated carbocycles. The van der Waals surface area contributed by atoms with Gasteiger partial charge >= 0.3 is 0 Å². The van der Waals surface area contributed by atoms with Crippen molar-refractivity contribution in [2.45, 2.75) is 20.3 Å². The average molecular weight is 284 g/mol. The predicted molar refractivity (Wildman–Crippen MR) is 68.8 cm³/mol. The van der Waals surface area contributed by atoms with Crippen molar-refractivity contribution in [3.8, 4) is 11.4 Å². The van der Waals surface area contributed by atoms with Crippen molar-refractivity contribution in [2.24, 2.45) is 0 Å². The quantitative estimate of drug-likeness (QED) is 0.664. The van der Waals surface area contributed by atoms with Gasteiger partial charge in [0.1, 0.15) is 10.5 Å². The van der Waals surface area contributed by atoms with E-state index in [2.05, 4.69) is 9.97 Å². The monoisotopic (exact) mass is 284 g/mol. The molecule has 0 aliphatic heterocycles. The molecule has 0 aliphatic rings. The van der Waals surface area contributed by atoms with Crippen molar-refractivity contribution < 1.29 is 13.2 Å². The second kappa shape index (κ2) is 5.13. The van der Waals surface area contributed by atoms with Crippen LogP contribution in [-0.2, 0) is 6.42 Å². The highest BCUT2D eigenvalue weighted by Gasteiger charge is 2.13. The van der Waals surface area contributed by atoms with Crippen LogP contribution < -0.4 is 0 Å². The number of aromatic amines is 1. The summed E-state index contributed by atoms with van der Waals surface area (Å²) in [6.07, 6.45) is 0.709. The number of halogens is 3. The Bertz CT molecular complexity index is 672. The molecule has 19 heavy (non-hydrogen) atoms. The molecule has 0 atom stereocenters. The molecule has 2 nitrogen and oxygen atoms in total. The summed E-state index contributed by atoms with van der Waals surface area (Å²) in [6.45, 7) is 3.74. The Kier molecular flexibility index (Phi) is 3.71. The summed E-state index contributed by atoms with van der Waals surface area (Å²) in [6, 6.07) is 1.77. The Morgan fingerprint density at radius 2 is 1.79 bits per heavy atom. The van der Waals surface area contributed by atoms with E-state index in [1.165, 1.54) is 0 Å². The van der Waals surface area contributed by atoms with Gasteiger partial charge in [-0.3, -0.25) is 0 Å². The molecule has 0 spiro atoms. The number of benzene rings is 1. The van der Waals surface area contributed by atoms with Gasteiger partial charge < -0.3 is 4.98 Å². The maximum Gasteiger partial charge on any atom is 0.194 e. The van der Waals surface area contributed by atoms with E-state index < -0.39 is 17.5 Å². The topological polar surface area (TPSA) is 28.7 Å². The van der Waals surface area contributed by atoms with Crippen LogP contribution in [0.25, 0.3) is 11.4 Å². The summed E-state index contributed by atoms with van der Waals surface area (Å²) in [7, 11) is 0. The zero-order valence-electron chi connectivity index (χ0n) is 10.4. The van der Waals surface area contributed by atoms with E-state index in [9.17, 15) is 13.2 Å². The lowest BCUT2D eigenvalue weighted by Crippen LogP contribution is -2.00. The SMILES string of the molecule is CCc1c(C)[nH]c(-c2cc(F)c(F)c(F)c2)nc1=S. The summed E-state index contributed by atoms with van der Waals surface area (Å²) in [4.78, 5) is 7.01. The number of aromatic nitrogens is 2. The minimum atomic E-state index is -1.50. The fourth-order valence-electron chi connectivity index (χ4n) is 1.86. The van der Waals surface area contributed by atoms with Crippen LogP contribution >= 0.6 is 12.2 Å². The second-order valence-corrected chi connectivity index (χ2v) is 4.49. The van der Waals surface area contributed by atoms with Crippen molar-refractivity contribution in [2.75, 3.05) is 0 Å². The van der Waals surface area contributed by atoms with E-state index in [1.54, 1.807) is 6.92 Å². The predicted octanol–water partition coefficient (Wildman–Crippen LogP) is 4.09. The van der Waals surface area contributed by atoms with Gasteiger partial charge in [-0.1, -0.05) is 19.1 Å². The largest absolute Gasteiger partial charge is 0.343 e. The Hall–Kier alpha value is -1.69. The Balaban J connectivity index is 2.63. The molecule has 0 fully saturated rings. The number of hydrogen-bond acceptors (Lipinski definition) is 2. The molecular formula is C13H11F3N2S. The summed E-state index contributed by atoms with van der Waals surface area (Å²) in [5.74, 6) is -3.79. The number of nitrogens with one attached hydrogen (secondary N) is 1. The molecule has 2 rings (SSSR count). The van der Waals surface area contributed by atoms with Crippen molar-refractivity contribution in [3.05, 3.63) is 45.5 Å². The molecule has 0 amide bonds. The molecule has 0 saturated heterocycles. The fraction of sp³-hybridized carbons (Fsp3) is 0.231. The van der Waals surface area contributed by atoms with Gasteiger partial charge in [0.25, 0.3) is 0 Å². The van der Waals surface area contributed by atoms with E-state index in [-0.39, 0.29) is 11.4 Å². The molecule has 0 bridgehead atoms. The maximum absolute atomic E-state index is 13.2. The van der Waals surface area contributed by atoms with Gasteiger partial charge in [-0.15, -0.1) is 0 Å². The Labute approximate surface area is 113 Å². The highest BCUT2D eigenvalue weighted by molar-refractivity contribution is 7.71. The number of nitrogens with zero attached hydrogens (tertiary/aromatic N) is 1. The standard InChI is InChI=1S/C13H11F3N2S/c1-3-8-6(2)17-12(18-13(8)19)7-4-9(14)11(16)10(15)5-7/h4-5H,3H2,1-2H3,(H,17,18,19). The minimum absolute atomic E-state index is 0.119. The Morgan fingerprint density at radius 3 is 2.26 bits per heavy atom. The van der Waals surface area contributed by atoms with Gasteiger partial charge in [-0.25, -0.2) is 18.2 Å². The van der Waals surface area contributed by atoms with Gasteiger partial charge in [-0.2, -0.15) is 0 Å². The van der Waals surface area contributed by atoms with Crippen LogP contribution in [0.3, 0.4) is 0 Å². The zero-order valence-corrected chi connectivity index (χ0v) is 11.2. The number of hydrogen-bond donors (Lipinski definition) is 1. The fourth-order valence-corrected chi connectivity index (χ4v) is 2.24. The third-order valence-electron chi connectivity index (χ3n) is 2.84. The smallest absolute Gasteiger partial charge is 0.194 e. The first-order valence-corrected chi connectivity index (χ1v) is 6.09. The molecule has 100 valence electrons. The first-order valence-electron chi connectivity index (χ1n) is 5.68. The highest BCUT2D eigenvalue weighted by Crippen LogP contribution is 2.22. The van der Waals surface area contributed by atoms with Gasteiger partial charge in [0.05, 0.1) is 0 Å². The molecule has 1 N–H and O–H groups in total. The van der Waals surface area contributed by atoms with Crippen molar-refractivity contribution >= 4 is 12.2 Å². The minimum Gasteiger partial charge on any atom is -0.343 e. The molecule has 1 heterocycles. The van der Waals surface area contributed by atoms with Gasteiger partial charge in [0.15, 0.2) is 17.5 Å². The lowest BCUT2D eigenvalue weighted by atomic mass is 10.1. The molecule has 1 aromatic carbocycles. The average Bonchev–Trinajstić information content (AvgIpc) is 2.35. The molecular weight excluding hydrogens is 273 g/mol. The summed E-state index contributed by atoms with van der Waals surface area (Å²) >= 11 is 5.12. The van der Waals surface area contributed by atoms with E-state index in [0.717, 1.165) is 23.4 Å². The molecule has 0 unspecified atom stereocenters. The van der Waals surface area contributed by atoms with E-state index in [4.69, 9.17) is 12.2 Å². The highest BCUT2D eigenvalue weighted by atomic mass is 32.1. The molecule has 6 heteroatoms. The normalized spacial score (nSPS) is 10.8. The number of aryl methyl sites for hydroxylation is 1. The van der Waals surface area contributed by atoms with Crippen molar-refractivity contribution in [1.29, 1.82) is 0 Å². The third kappa shape index (κ3) is 2.53. The van der Waals surface area contributed by atoms with Crippen molar-refractivity contribution in [1.82, 2.24) is 9.97 Å². The first kappa shape index (κ1) is 13.7. The van der Waals surface area contributed by atoms with Crippen LogP contribution in [0.4, 0.5) is 13.2 Å². The maximum atomic E-state index is 13.2. The van der Waals surface area contributed by atoms with Crippen LogP contribution in [0.15, 0.2) is 12.1 Å². The zero-order chi connectivity index (χ0) is 14.2. The van der Waals surface area contributed by atoms with Gasteiger partial charge in [0.2, 0.25) is 0 Å². The van der Waals surface area contributed by atoms with Crippen LogP contribution in [0.1, 0.15) is 18.2 Å². The molecule has 2 aromatic rings. The Morgan fingerprint density at radius 1 is 1.21 bits per heavy atom. The number of H-pyrrole nitrogens is 1. The third-order valence-corrected chi connectivity index (χ3v) is 3.18. The van der Waals surface area contributed by atoms with E-state index in [0.29, 0.717) is 11.1 Å². The van der Waals surface area contributed by atoms with Crippen molar-refractivity contribution in [3.63, 3.8) is 0 Å². The van der Waals surface area contributed by atoms with Crippen LogP contribution in [0, 0.1) is 29.0 Å². The van der Waals surface area contributed by atoms with Gasteiger partial charge in [-0.05, 0) is 25.5 Å².